The van der Waals surface area contributed by atoms with E-state index in [0.29, 0.717) is 37.0 Å². The molecule has 1 fully saturated rings. The van der Waals surface area contributed by atoms with Gasteiger partial charge >= 0.3 is 0 Å². The zero-order valence-electron chi connectivity index (χ0n) is 18.3. The van der Waals surface area contributed by atoms with E-state index in [4.69, 9.17) is 25.2 Å². The summed E-state index contributed by atoms with van der Waals surface area (Å²) in [6, 6.07) is 17.2. The molecule has 10 heteroatoms. The lowest BCUT2D eigenvalue weighted by Gasteiger charge is -2.36. The Kier molecular flexibility index (Phi) is 5.97. The predicted molar refractivity (Wildman–Crippen MR) is 129 cm³/mol. The van der Waals surface area contributed by atoms with Gasteiger partial charge in [0.25, 0.3) is 5.89 Å². The number of ether oxygens (including phenoxy) is 1. The number of halogens is 1. The average Bonchev–Trinajstić information content (AvgIpc) is 3.55. The van der Waals surface area contributed by atoms with E-state index in [-0.39, 0.29) is 21.7 Å². The Morgan fingerprint density at radius 1 is 0.941 bits per heavy atom. The molecule has 34 heavy (non-hydrogen) atoms. The number of anilines is 2. The van der Waals surface area contributed by atoms with Gasteiger partial charge in [0, 0.05) is 36.9 Å². The van der Waals surface area contributed by atoms with E-state index < -0.39 is 9.84 Å². The maximum absolute atomic E-state index is 13.5. The molecule has 0 spiro atoms. The lowest BCUT2D eigenvalue weighted by atomic mass is 10.2. The summed E-state index contributed by atoms with van der Waals surface area (Å²) in [5, 5.41) is 0.310. The number of aromatic nitrogens is 1. The van der Waals surface area contributed by atoms with Gasteiger partial charge in [-0.05, 0) is 60.7 Å². The Morgan fingerprint density at radius 2 is 1.62 bits per heavy atom. The van der Waals surface area contributed by atoms with Gasteiger partial charge in [-0.3, -0.25) is 0 Å². The van der Waals surface area contributed by atoms with Crippen LogP contribution in [0.3, 0.4) is 0 Å². The first-order valence-electron chi connectivity index (χ1n) is 10.6. The van der Waals surface area contributed by atoms with E-state index in [9.17, 15) is 8.42 Å². The summed E-state index contributed by atoms with van der Waals surface area (Å²) in [6.45, 7) is 2.48. The molecule has 176 valence electrons. The summed E-state index contributed by atoms with van der Waals surface area (Å²) in [7, 11) is -2.32. The van der Waals surface area contributed by atoms with Crippen molar-refractivity contribution in [1.82, 2.24) is 4.98 Å². The van der Waals surface area contributed by atoms with Crippen molar-refractivity contribution < 1.29 is 22.0 Å². The molecule has 1 aliphatic rings. The number of nitrogens with zero attached hydrogens (tertiary/aromatic N) is 3. The van der Waals surface area contributed by atoms with E-state index in [1.165, 1.54) is 30.5 Å². The third-order valence-electron chi connectivity index (χ3n) is 5.69. The number of methoxy groups -OCH3 is 1. The fourth-order valence-electron chi connectivity index (χ4n) is 3.86. The van der Waals surface area contributed by atoms with Crippen LogP contribution in [0.2, 0.25) is 5.02 Å². The Morgan fingerprint density at radius 3 is 2.24 bits per heavy atom. The second-order valence-electron chi connectivity index (χ2n) is 7.74. The first-order valence-corrected chi connectivity index (χ1v) is 12.5. The van der Waals surface area contributed by atoms with Crippen LogP contribution >= 0.6 is 11.6 Å². The van der Waals surface area contributed by atoms with Crippen molar-refractivity contribution >= 4 is 33.0 Å². The molecule has 2 aromatic heterocycles. The Bertz CT molecular complexity index is 1360. The lowest BCUT2D eigenvalue weighted by Crippen LogP contribution is -2.46. The lowest BCUT2D eigenvalue weighted by molar-refractivity contribution is 0.415. The molecular formula is C24H22ClN3O5S. The van der Waals surface area contributed by atoms with Crippen molar-refractivity contribution in [1.29, 1.82) is 0 Å². The van der Waals surface area contributed by atoms with Crippen LogP contribution < -0.4 is 14.5 Å². The number of piperazine rings is 1. The predicted octanol–water partition coefficient (Wildman–Crippen LogP) is 4.76. The third-order valence-corrected chi connectivity index (χ3v) is 7.61. The van der Waals surface area contributed by atoms with E-state index in [2.05, 4.69) is 9.88 Å². The van der Waals surface area contributed by atoms with Crippen LogP contribution in [0, 0.1) is 0 Å². The van der Waals surface area contributed by atoms with Crippen molar-refractivity contribution in [3.05, 3.63) is 71.9 Å². The smallest absolute Gasteiger partial charge is 0.266 e. The summed E-state index contributed by atoms with van der Waals surface area (Å²) in [6.07, 6.45) is 1.49. The fraction of sp³-hybridized carbons (Fsp3) is 0.208. The molecule has 8 nitrogen and oxygen atoms in total. The van der Waals surface area contributed by atoms with Gasteiger partial charge in [0.2, 0.25) is 20.7 Å². The van der Waals surface area contributed by atoms with Crippen molar-refractivity contribution in [2.45, 2.75) is 9.92 Å². The zero-order chi connectivity index (χ0) is 23.7. The summed E-state index contributed by atoms with van der Waals surface area (Å²) < 4.78 is 43.6. The van der Waals surface area contributed by atoms with E-state index >= 15 is 0 Å². The van der Waals surface area contributed by atoms with Gasteiger partial charge in [0.15, 0.2) is 5.76 Å². The molecule has 1 aliphatic heterocycles. The zero-order valence-corrected chi connectivity index (χ0v) is 19.9. The van der Waals surface area contributed by atoms with Crippen molar-refractivity contribution in [3.63, 3.8) is 0 Å². The van der Waals surface area contributed by atoms with Crippen LogP contribution in [0.15, 0.2) is 85.7 Å². The molecular weight excluding hydrogens is 478 g/mol. The van der Waals surface area contributed by atoms with Crippen molar-refractivity contribution in [2.75, 3.05) is 43.1 Å². The van der Waals surface area contributed by atoms with Crippen LogP contribution in [-0.4, -0.2) is 46.7 Å². The summed E-state index contributed by atoms with van der Waals surface area (Å²) >= 11 is 5.95. The highest BCUT2D eigenvalue weighted by atomic mass is 35.5. The molecule has 2 aromatic carbocycles. The van der Waals surface area contributed by atoms with Crippen LogP contribution in [0.1, 0.15) is 0 Å². The normalized spacial score (nSPS) is 14.4. The topological polar surface area (TPSA) is 89.0 Å². The highest BCUT2D eigenvalue weighted by Crippen LogP contribution is 2.36. The molecule has 0 atom stereocenters. The SMILES string of the molecule is COc1ccc(N2CCN(c3oc(-c4ccco4)nc3S(=O)(=O)c3ccc(Cl)cc3)CC2)cc1. The standard InChI is InChI=1S/C24H22ClN3O5S/c1-31-19-8-6-18(7-9-19)27-12-14-28(15-13-27)24-23(26-22(33-24)21-3-2-16-32-21)34(29,30)20-10-4-17(25)5-11-20/h2-11,16H,12-15H2,1H3. The average molecular weight is 500 g/mol. The van der Waals surface area contributed by atoms with Gasteiger partial charge < -0.3 is 23.4 Å². The van der Waals surface area contributed by atoms with Crippen LogP contribution in [0.25, 0.3) is 11.7 Å². The molecule has 0 N–H and O–H groups in total. The molecule has 3 heterocycles. The number of rotatable bonds is 6. The third kappa shape index (κ3) is 4.24. The highest BCUT2D eigenvalue weighted by Gasteiger charge is 2.33. The van der Waals surface area contributed by atoms with Crippen molar-refractivity contribution in [3.8, 4) is 17.4 Å². The minimum absolute atomic E-state index is 0.0920. The molecule has 0 saturated carbocycles. The number of furan rings is 1. The molecule has 0 unspecified atom stereocenters. The minimum atomic E-state index is -3.95. The first-order chi connectivity index (χ1) is 16.5. The van der Waals surface area contributed by atoms with Crippen molar-refractivity contribution in [2.24, 2.45) is 0 Å². The van der Waals surface area contributed by atoms with E-state index in [1.54, 1.807) is 19.2 Å². The molecule has 0 aliphatic carbocycles. The van der Waals surface area contributed by atoms with Crippen LogP contribution in [-0.2, 0) is 9.84 Å². The van der Waals surface area contributed by atoms with Gasteiger partial charge in [-0.1, -0.05) is 11.6 Å². The van der Waals surface area contributed by atoms with Gasteiger partial charge in [0.1, 0.15) is 5.75 Å². The Hall–Kier alpha value is -3.43. The van der Waals surface area contributed by atoms with Crippen LogP contribution in [0.4, 0.5) is 11.6 Å². The molecule has 0 radical (unpaired) electrons. The number of benzene rings is 2. The largest absolute Gasteiger partial charge is 0.497 e. The first kappa shape index (κ1) is 22.4. The quantitative estimate of drug-likeness (QED) is 0.375. The molecule has 0 bridgehead atoms. The summed E-state index contributed by atoms with van der Waals surface area (Å²) in [4.78, 5) is 8.57. The number of sulfone groups is 1. The molecule has 1 saturated heterocycles. The molecule has 0 amide bonds. The minimum Gasteiger partial charge on any atom is -0.497 e. The number of hydrogen-bond donors (Lipinski definition) is 0. The monoisotopic (exact) mass is 499 g/mol. The highest BCUT2D eigenvalue weighted by molar-refractivity contribution is 7.91. The summed E-state index contributed by atoms with van der Waals surface area (Å²) in [5.74, 6) is 1.48. The van der Waals surface area contributed by atoms with Gasteiger partial charge in [-0.2, -0.15) is 4.98 Å². The second-order valence-corrected chi connectivity index (χ2v) is 10.0. The molecule has 4 aromatic rings. The second kappa shape index (κ2) is 9.08. The van der Waals surface area contributed by atoms with E-state index in [1.807, 2.05) is 29.2 Å². The molecule has 5 rings (SSSR count). The number of hydrogen-bond acceptors (Lipinski definition) is 8. The van der Waals surface area contributed by atoms with Gasteiger partial charge in [0.05, 0.1) is 18.3 Å². The summed E-state index contributed by atoms with van der Waals surface area (Å²) in [5.41, 5.74) is 1.07. The van der Waals surface area contributed by atoms with Gasteiger partial charge in [-0.25, -0.2) is 8.42 Å². The Balaban J connectivity index is 1.45. The fourth-order valence-corrected chi connectivity index (χ4v) is 5.31. The maximum atomic E-state index is 13.5. The number of oxazole rings is 1. The van der Waals surface area contributed by atoms with Gasteiger partial charge in [-0.15, -0.1) is 0 Å². The van der Waals surface area contributed by atoms with E-state index in [0.717, 1.165) is 11.4 Å². The Labute approximate surface area is 202 Å². The van der Waals surface area contributed by atoms with Crippen LogP contribution in [0.5, 0.6) is 5.75 Å². The maximum Gasteiger partial charge on any atom is 0.266 e.